The van der Waals surface area contributed by atoms with Crippen LogP contribution in [0.5, 0.6) is 5.75 Å². The van der Waals surface area contributed by atoms with Crippen molar-refractivity contribution in [1.82, 2.24) is 0 Å². The lowest BCUT2D eigenvalue weighted by atomic mass is 9.98. The number of hydrogen-bond acceptors (Lipinski definition) is 3. The Bertz CT molecular complexity index is 989. The fraction of sp³-hybridized carbons (Fsp3) is 0.261. The maximum Gasteiger partial charge on any atom is 0.417 e. The molecule has 0 amide bonds. The summed E-state index contributed by atoms with van der Waals surface area (Å²) in [6.45, 7) is 1.93. The van der Waals surface area contributed by atoms with E-state index in [0.717, 1.165) is 12.1 Å². The van der Waals surface area contributed by atoms with Crippen LogP contribution < -0.4 is 0 Å². The molecule has 3 nitrogen and oxygen atoms in total. The number of aromatic hydroxyl groups is 1. The van der Waals surface area contributed by atoms with Crippen molar-refractivity contribution in [3.05, 3.63) is 64.2 Å². The second-order valence-corrected chi connectivity index (χ2v) is 6.13. The van der Waals surface area contributed by atoms with Gasteiger partial charge in [-0.1, -0.05) is 11.8 Å². The number of terminal acetylenes is 1. The standard InChI is InChI=1S/C23H19F3O3/c1-3-5-6-7-18-14-19(22(28)29-4-2)11-9-16(18)8-10-17-12-13-20(27)15-21(17)23(24,25)26/h1,9,11-15,27H,4-7H2,2H3. The first-order chi connectivity index (χ1) is 13.8. The average Bonchev–Trinajstić information content (AvgIpc) is 2.67. The number of carbonyl (C=O) groups excluding carboxylic acids is 1. The molecule has 0 saturated heterocycles. The lowest BCUT2D eigenvalue weighted by Crippen LogP contribution is -2.07. The van der Waals surface area contributed by atoms with Crippen LogP contribution in [0.2, 0.25) is 0 Å². The number of rotatable bonds is 5. The number of ether oxygens (including phenoxy) is 1. The number of unbranched alkanes of at least 4 members (excludes halogenated alkanes) is 1. The molecule has 0 unspecified atom stereocenters. The van der Waals surface area contributed by atoms with Gasteiger partial charge >= 0.3 is 12.1 Å². The number of benzene rings is 2. The monoisotopic (exact) mass is 400 g/mol. The molecule has 0 heterocycles. The molecule has 2 aromatic rings. The molecular weight excluding hydrogens is 381 g/mol. The van der Waals surface area contributed by atoms with Gasteiger partial charge in [0, 0.05) is 17.5 Å². The molecule has 0 radical (unpaired) electrons. The van der Waals surface area contributed by atoms with E-state index < -0.39 is 23.5 Å². The highest BCUT2D eigenvalue weighted by atomic mass is 19.4. The van der Waals surface area contributed by atoms with E-state index in [1.165, 1.54) is 6.07 Å². The summed E-state index contributed by atoms with van der Waals surface area (Å²) < 4.78 is 44.6. The quantitative estimate of drug-likeness (QED) is 0.439. The van der Waals surface area contributed by atoms with Crippen molar-refractivity contribution in [2.24, 2.45) is 0 Å². The molecule has 0 atom stereocenters. The summed E-state index contributed by atoms with van der Waals surface area (Å²) in [5.74, 6) is 6.84. The van der Waals surface area contributed by atoms with Crippen LogP contribution in [-0.4, -0.2) is 17.7 Å². The summed E-state index contributed by atoms with van der Waals surface area (Å²) in [5.41, 5.74) is 0.275. The van der Waals surface area contributed by atoms with E-state index in [-0.39, 0.29) is 12.2 Å². The van der Waals surface area contributed by atoms with Crippen molar-refractivity contribution < 1.29 is 27.8 Å². The maximum absolute atomic E-state index is 13.2. The summed E-state index contributed by atoms with van der Waals surface area (Å²) in [5, 5.41) is 9.37. The molecule has 2 aromatic carbocycles. The minimum Gasteiger partial charge on any atom is -0.508 e. The molecule has 0 fully saturated rings. The number of aryl methyl sites for hydroxylation is 1. The fourth-order valence-electron chi connectivity index (χ4n) is 2.66. The number of hydrogen-bond donors (Lipinski definition) is 1. The zero-order valence-corrected chi connectivity index (χ0v) is 15.8. The molecule has 0 bridgehead atoms. The van der Waals surface area contributed by atoms with Crippen LogP contribution in [0.25, 0.3) is 0 Å². The maximum atomic E-state index is 13.2. The number of phenolic OH excluding ortho intramolecular Hbond substituents is 1. The number of alkyl halides is 3. The number of carbonyl (C=O) groups is 1. The van der Waals surface area contributed by atoms with Gasteiger partial charge in [0.2, 0.25) is 0 Å². The van der Waals surface area contributed by atoms with Crippen molar-refractivity contribution in [3.8, 4) is 29.9 Å². The Morgan fingerprint density at radius 1 is 1.14 bits per heavy atom. The van der Waals surface area contributed by atoms with E-state index >= 15 is 0 Å². The number of esters is 1. The largest absolute Gasteiger partial charge is 0.508 e. The van der Waals surface area contributed by atoms with Gasteiger partial charge < -0.3 is 9.84 Å². The second kappa shape index (κ2) is 9.71. The van der Waals surface area contributed by atoms with Crippen molar-refractivity contribution in [3.63, 3.8) is 0 Å². The van der Waals surface area contributed by atoms with Gasteiger partial charge in [-0.3, -0.25) is 0 Å². The molecule has 6 heteroatoms. The normalized spacial score (nSPS) is 10.6. The number of halogens is 3. The van der Waals surface area contributed by atoms with Crippen LogP contribution >= 0.6 is 0 Å². The summed E-state index contributed by atoms with van der Waals surface area (Å²) in [4.78, 5) is 12.0. The molecule has 29 heavy (non-hydrogen) atoms. The first kappa shape index (κ1) is 21.9. The Labute approximate surface area is 167 Å². The molecule has 150 valence electrons. The van der Waals surface area contributed by atoms with Gasteiger partial charge in [-0.05, 0) is 61.7 Å². The minimum absolute atomic E-state index is 0.230. The zero-order valence-electron chi connectivity index (χ0n) is 15.8. The van der Waals surface area contributed by atoms with Gasteiger partial charge in [-0.25, -0.2) is 4.79 Å². The highest BCUT2D eigenvalue weighted by Crippen LogP contribution is 2.33. The van der Waals surface area contributed by atoms with E-state index in [1.807, 2.05) is 0 Å². The van der Waals surface area contributed by atoms with Crippen molar-refractivity contribution in [2.75, 3.05) is 6.61 Å². The van der Waals surface area contributed by atoms with Crippen LogP contribution in [0.1, 0.15) is 52.4 Å². The van der Waals surface area contributed by atoms with Gasteiger partial charge in [0.15, 0.2) is 0 Å². The van der Waals surface area contributed by atoms with Gasteiger partial charge in [0.1, 0.15) is 5.75 Å². The third kappa shape index (κ3) is 6.05. The van der Waals surface area contributed by atoms with Crippen molar-refractivity contribution >= 4 is 5.97 Å². The Balaban J connectivity index is 2.46. The molecule has 0 spiro atoms. The molecule has 0 aliphatic heterocycles. The summed E-state index contributed by atoms with van der Waals surface area (Å²) in [7, 11) is 0. The molecule has 1 N–H and O–H groups in total. The van der Waals surface area contributed by atoms with Crippen LogP contribution in [-0.2, 0) is 17.3 Å². The molecular formula is C23H19F3O3. The van der Waals surface area contributed by atoms with Gasteiger partial charge in [-0.2, -0.15) is 13.2 Å². The number of phenols is 1. The van der Waals surface area contributed by atoms with Crippen molar-refractivity contribution in [2.45, 2.75) is 32.4 Å². The fourth-order valence-corrected chi connectivity index (χ4v) is 2.66. The van der Waals surface area contributed by atoms with E-state index in [1.54, 1.807) is 19.1 Å². The zero-order chi connectivity index (χ0) is 21.4. The molecule has 2 rings (SSSR count). The van der Waals surface area contributed by atoms with E-state index in [0.29, 0.717) is 42.0 Å². The van der Waals surface area contributed by atoms with Crippen LogP contribution in [0.4, 0.5) is 13.2 Å². The second-order valence-electron chi connectivity index (χ2n) is 6.13. The molecule has 0 saturated carbocycles. The Morgan fingerprint density at radius 3 is 2.48 bits per heavy atom. The molecule has 0 aliphatic rings. The van der Waals surface area contributed by atoms with Gasteiger partial charge in [0.05, 0.1) is 17.7 Å². The smallest absolute Gasteiger partial charge is 0.417 e. The van der Waals surface area contributed by atoms with Gasteiger partial charge in [0.25, 0.3) is 0 Å². The first-order valence-electron chi connectivity index (χ1n) is 8.92. The average molecular weight is 400 g/mol. The molecule has 0 aliphatic carbocycles. The third-order valence-electron chi connectivity index (χ3n) is 4.02. The Kier molecular flexibility index (Phi) is 7.33. The van der Waals surface area contributed by atoms with E-state index in [9.17, 15) is 23.1 Å². The minimum atomic E-state index is -4.65. The topological polar surface area (TPSA) is 46.5 Å². The lowest BCUT2D eigenvalue weighted by Gasteiger charge is -2.10. The first-order valence-corrected chi connectivity index (χ1v) is 8.92. The lowest BCUT2D eigenvalue weighted by molar-refractivity contribution is -0.137. The Morgan fingerprint density at radius 2 is 1.83 bits per heavy atom. The highest BCUT2D eigenvalue weighted by Gasteiger charge is 2.33. The SMILES string of the molecule is C#CCCCc1cc(C(=O)OCC)ccc1C#Cc1ccc(O)cc1C(F)(F)F. The van der Waals surface area contributed by atoms with E-state index in [2.05, 4.69) is 17.8 Å². The highest BCUT2D eigenvalue weighted by molar-refractivity contribution is 5.89. The van der Waals surface area contributed by atoms with E-state index in [4.69, 9.17) is 11.2 Å². The van der Waals surface area contributed by atoms with Crippen LogP contribution in [0, 0.1) is 24.2 Å². The van der Waals surface area contributed by atoms with Crippen LogP contribution in [0.3, 0.4) is 0 Å². The summed E-state index contributed by atoms with van der Waals surface area (Å²) in [6.07, 6.45) is 2.31. The van der Waals surface area contributed by atoms with Crippen LogP contribution in [0.15, 0.2) is 36.4 Å². The Hall–Kier alpha value is -3.38. The predicted molar refractivity (Wildman–Crippen MR) is 103 cm³/mol. The third-order valence-corrected chi connectivity index (χ3v) is 4.02. The summed E-state index contributed by atoms with van der Waals surface area (Å²) >= 11 is 0. The molecule has 0 aromatic heterocycles. The summed E-state index contributed by atoms with van der Waals surface area (Å²) in [6, 6.07) is 7.64. The van der Waals surface area contributed by atoms with Gasteiger partial charge in [-0.15, -0.1) is 12.3 Å². The predicted octanol–water partition coefficient (Wildman–Crippen LogP) is 4.94. The van der Waals surface area contributed by atoms with Crippen molar-refractivity contribution in [1.29, 1.82) is 0 Å².